The number of aromatic nitrogens is 1. The average Bonchev–Trinajstić information content (AvgIpc) is 3.30. The van der Waals surface area contributed by atoms with Crippen LogP contribution in [-0.2, 0) is 16.0 Å². The molecule has 2 aliphatic rings. The van der Waals surface area contributed by atoms with Crippen LogP contribution in [0, 0.1) is 18.4 Å². The van der Waals surface area contributed by atoms with Crippen molar-refractivity contribution in [3.8, 4) is 0 Å². The van der Waals surface area contributed by atoms with E-state index in [9.17, 15) is 9.59 Å². The third-order valence-electron chi connectivity index (χ3n) is 5.58. The van der Waals surface area contributed by atoms with Crippen LogP contribution in [0.5, 0.6) is 0 Å². The summed E-state index contributed by atoms with van der Waals surface area (Å²) in [4.78, 5) is 33.4. The normalized spacial score (nSPS) is 19.0. The number of amides is 2. The Morgan fingerprint density at radius 2 is 2.07 bits per heavy atom. The molecule has 2 fully saturated rings. The first kappa shape index (κ1) is 23.2. The highest BCUT2D eigenvalue weighted by atomic mass is 32.1. The first-order valence-corrected chi connectivity index (χ1v) is 9.64. The molecule has 4 rings (SSSR count). The molecule has 156 valence electrons. The third kappa shape index (κ3) is 4.90. The van der Waals surface area contributed by atoms with E-state index in [4.69, 9.17) is 6.57 Å². The fraction of sp³-hybridized carbons (Fsp3) is 0.476. The molecule has 0 radical (unpaired) electrons. The van der Waals surface area contributed by atoms with E-state index in [-0.39, 0.29) is 56.8 Å². The Kier molecular flexibility index (Phi) is 7.66. The van der Waals surface area contributed by atoms with Gasteiger partial charge in [0, 0.05) is 47.6 Å². The standard InChI is InChI=1S/C21H24N4O2.2H2S/c1-13(21(27)25-9-3-4-19(25)22-2)10-15-12-23-18-8-7-16(11-17(15)18)24-20(26)14-5-6-14;;/h7-8,11-14,19,23H,3-6,9-10H2,1H3,(H,24,26);2*1H2/t13-,19-;;/m0../s1. The number of nitrogens with zero attached hydrogens (tertiary/aromatic N) is 2. The maximum atomic E-state index is 12.8. The zero-order valence-corrected chi connectivity index (χ0v) is 18.5. The summed E-state index contributed by atoms with van der Waals surface area (Å²) in [5, 5.41) is 4.02. The molecule has 2 atom stereocenters. The van der Waals surface area contributed by atoms with Gasteiger partial charge in [-0.1, -0.05) is 6.92 Å². The minimum Gasteiger partial charge on any atom is -0.361 e. The zero-order valence-electron chi connectivity index (χ0n) is 16.5. The Balaban J connectivity index is 0.00000150. The van der Waals surface area contributed by atoms with E-state index < -0.39 is 0 Å². The Bertz CT molecular complexity index is 932. The number of aromatic amines is 1. The van der Waals surface area contributed by atoms with Gasteiger partial charge in [0.25, 0.3) is 0 Å². The SMILES string of the molecule is S.S.[C-]#[N+][C@@H]1CCCN1C(=O)[C@@H](C)Cc1c[nH]c2ccc(NC(=O)C3CC3)cc12. The van der Waals surface area contributed by atoms with Crippen molar-refractivity contribution in [3.05, 3.63) is 41.4 Å². The van der Waals surface area contributed by atoms with Gasteiger partial charge < -0.3 is 10.3 Å². The average molecular weight is 433 g/mol. The van der Waals surface area contributed by atoms with Crippen LogP contribution in [0.25, 0.3) is 15.7 Å². The highest BCUT2D eigenvalue weighted by Gasteiger charge is 2.35. The molecule has 1 aromatic heterocycles. The molecular formula is C21H28N4O2S2. The van der Waals surface area contributed by atoms with Crippen molar-refractivity contribution in [3.63, 3.8) is 0 Å². The molecule has 2 heterocycles. The molecule has 0 unspecified atom stereocenters. The van der Waals surface area contributed by atoms with Crippen LogP contribution >= 0.6 is 27.0 Å². The first-order valence-electron chi connectivity index (χ1n) is 9.64. The number of H-pyrrole nitrogens is 1. The van der Waals surface area contributed by atoms with Crippen molar-refractivity contribution in [2.45, 2.75) is 45.2 Å². The van der Waals surface area contributed by atoms with Gasteiger partial charge in [-0.25, -0.2) is 6.57 Å². The fourth-order valence-electron chi connectivity index (χ4n) is 3.86. The molecule has 1 saturated heterocycles. The van der Waals surface area contributed by atoms with Crippen molar-refractivity contribution >= 4 is 55.4 Å². The lowest BCUT2D eigenvalue weighted by Crippen LogP contribution is -2.38. The van der Waals surface area contributed by atoms with Gasteiger partial charge in [0.2, 0.25) is 11.8 Å². The van der Waals surface area contributed by atoms with E-state index in [1.165, 1.54) is 0 Å². The minimum absolute atomic E-state index is 0. The summed E-state index contributed by atoms with van der Waals surface area (Å²) in [6.07, 6.45) is 5.89. The Morgan fingerprint density at radius 3 is 2.76 bits per heavy atom. The maximum Gasteiger partial charge on any atom is 0.300 e. The van der Waals surface area contributed by atoms with Gasteiger partial charge in [0.15, 0.2) is 0 Å². The summed E-state index contributed by atoms with van der Waals surface area (Å²) in [5.74, 6) is 0.131. The van der Waals surface area contributed by atoms with Crippen LogP contribution in [0.2, 0.25) is 0 Å². The number of carbonyl (C=O) groups is 2. The van der Waals surface area contributed by atoms with Gasteiger partial charge in [0.05, 0.1) is 0 Å². The number of likely N-dealkylation sites (tertiary alicyclic amines) is 1. The van der Waals surface area contributed by atoms with Gasteiger partial charge in [-0.2, -0.15) is 27.0 Å². The molecule has 6 nitrogen and oxygen atoms in total. The molecule has 1 aliphatic carbocycles. The Hall–Kier alpha value is -2.11. The number of fused-ring (bicyclic) bond motifs is 1. The van der Waals surface area contributed by atoms with Crippen molar-refractivity contribution in [2.24, 2.45) is 11.8 Å². The van der Waals surface area contributed by atoms with Crippen molar-refractivity contribution < 1.29 is 9.59 Å². The fourth-order valence-corrected chi connectivity index (χ4v) is 3.86. The molecule has 1 aliphatic heterocycles. The summed E-state index contributed by atoms with van der Waals surface area (Å²) in [7, 11) is 0. The van der Waals surface area contributed by atoms with Gasteiger partial charge in [-0.3, -0.25) is 19.3 Å². The monoisotopic (exact) mass is 432 g/mol. The second-order valence-corrected chi connectivity index (χ2v) is 7.73. The zero-order chi connectivity index (χ0) is 19.0. The van der Waals surface area contributed by atoms with Crippen LogP contribution in [0.15, 0.2) is 24.4 Å². The van der Waals surface area contributed by atoms with Gasteiger partial charge in [0.1, 0.15) is 0 Å². The predicted octanol–water partition coefficient (Wildman–Crippen LogP) is 3.79. The smallest absolute Gasteiger partial charge is 0.300 e. The van der Waals surface area contributed by atoms with E-state index in [2.05, 4.69) is 15.1 Å². The number of hydrogen-bond acceptors (Lipinski definition) is 2. The number of nitrogens with one attached hydrogen (secondary N) is 2. The van der Waals surface area contributed by atoms with Crippen molar-refractivity contribution in [1.29, 1.82) is 0 Å². The Morgan fingerprint density at radius 1 is 1.31 bits per heavy atom. The molecule has 1 saturated carbocycles. The van der Waals surface area contributed by atoms with Crippen LogP contribution in [0.1, 0.15) is 38.2 Å². The third-order valence-corrected chi connectivity index (χ3v) is 5.58. The summed E-state index contributed by atoms with van der Waals surface area (Å²) >= 11 is 0. The second kappa shape index (κ2) is 9.59. The molecule has 2 aromatic rings. The predicted molar refractivity (Wildman–Crippen MR) is 125 cm³/mol. The maximum absolute atomic E-state index is 12.8. The molecule has 8 heteroatoms. The molecule has 0 bridgehead atoms. The number of anilines is 1. The quantitative estimate of drug-likeness (QED) is 0.706. The largest absolute Gasteiger partial charge is 0.361 e. The van der Waals surface area contributed by atoms with E-state index in [1.807, 2.05) is 31.3 Å². The molecule has 2 amide bonds. The second-order valence-electron chi connectivity index (χ2n) is 7.73. The molecule has 29 heavy (non-hydrogen) atoms. The summed E-state index contributed by atoms with van der Waals surface area (Å²) in [6, 6.07) is 5.85. The molecule has 2 N–H and O–H groups in total. The number of carbonyl (C=O) groups excluding carboxylic acids is 2. The van der Waals surface area contributed by atoms with Gasteiger partial charge >= 0.3 is 6.17 Å². The van der Waals surface area contributed by atoms with Crippen LogP contribution in [-0.4, -0.2) is 34.4 Å². The first-order chi connectivity index (χ1) is 13.1. The highest BCUT2D eigenvalue weighted by Crippen LogP contribution is 2.31. The molecule has 1 aromatic carbocycles. The number of hydrogen-bond donors (Lipinski definition) is 2. The van der Waals surface area contributed by atoms with Gasteiger partial charge in [-0.05, 0) is 49.4 Å². The van der Waals surface area contributed by atoms with Crippen LogP contribution in [0.3, 0.4) is 0 Å². The Labute approximate surface area is 185 Å². The topological polar surface area (TPSA) is 69.6 Å². The lowest BCUT2D eigenvalue weighted by Gasteiger charge is -2.20. The summed E-state index contributed by atoms with van der Waals surface area (Å²) in [6.45, 7) is 9.89. The number of rotatable bonds is 5. The lowest BCUT2D eigenvalue weighted by atomic mass is 9.99. The minimum atomic E-state index is -0.299. The van der Waals surface area contributed by atoms with Gasteiger partial charge in [-0.15, -0.1) is 0 Å². The van der Waals surface area contributed by atoms with E-state index in [1.54, 1.807) is 4.90 Å². The van der Waals surface area contributed by atoms with Crippen LogP contribution < -0.4 is 5.32 Å². The van der Waals surface area contributed by atoms with E-state index in [0.717, 1.165) is 47.8 Å². The van der Waals surface area contributed by atoms with E-state index >= 15 is 0 Å². The van der Waals surface area contributed by atoms with Crippen molar-refractivity contribution in [1.82, 2.24) is 9.88 Å². The van der Waals surface area contributed by atoms with E-state index in [0.29, 0.717) is 13.0 Å². The number of benzene rings is 1. The summed E-state index contributed by atoms with van der Waals surface area (Å²) in [5.41, 5.74) is 2.85. The van der Waals surface area contributed by atoms with Crippen molar-refractivity contribution in [2.75, 3.05) is 11.9 Å². The molecule has 0 spiro atoms. The lowest BCUT2D eigenvalue weighted by molar-refractivity contribution is -0.135. The summed E-state index contributed by atoms with van der Waals surface area (Å²) < 4.78 is 0. The van der Waals surface area contributed by atoms with Crippen LogP contribution in [0.4, 0.5) is 5.69 Å². The highest BCUT2D eigenvalue weighted by molar-refractivity contribution is 7.59. The molecular weight excluding hydrogens is 404 g/mol.